The van der Waals surface area contributed by atoms with Crippen molar-refractivity contribution in [1.82, 2.24) is 10.2 Å². The van der Waals surface area contributed by atoms with Crippen molar-refractivity contribution < 1.29 is 14.6 Å². The van der Waals surface area contributed by atoms with E-state index in [-0.39, 0.29) is 18.6 Å². The van der Waals surface area contributed by atoms with Gasteiger partial charge >= 0.3 is 0 Å². The van der Waals surface area contributed by atoms with Crippen LogP contribution < -0.4 is 10.1 Å². The number of hydrogen-bond donors (Lipinski definition) is 2. The number of aryl methyl sites for hydroxylation is 1. The Morgan fingerprint density at radius 3 is 3.04 bits per heavy atom. The highest BCUT2D eigenvalue weighted by atomic mass is 35.5. The van der Waals surface area contributed by atoms with E-state index >= 15 is 0 Å². The minimum Gasteiger partial charge on any atom is -0.489 e. The van der Waals surface area contributed by atoms with Gasteiger partial charge in [0.15, 0.2) is 0 Å². The van der Waals surface area contributed by atoms with Crippen molar-refractivity contribution >= 4 is 17.5 Å². The second-order valence-corrected chi connectivity index (χ2v) is 6.43. The van der Waals surface area contributed by atoms with Crippen LogP contribution in [0.15, 0.2) is 18.2 Å². The van der Waals surface area contributed by atoms with Crippen molar-refractivity contribution in [3.05, 3.63) is 28.8 Å². The average molecular weight is 341 g/mol. The van der Waals surface area contributed by atoms with E-state index in [1.54, 1.807) is 13.1 Å². The highest BCUT2D eigenvalue weighted by Crippen LogP contribution is 2.25. The lowest BCUT2D eigenvalue weighted by atomic mass is 10.0. The Morgan fingerprint density at radius 1 is 1.52 bits per heavy atom. The number of rotatable bonds is 6. The van der Waals surface area contributed by atoms with Gasteiger partial charge in [-0.3, -0.25) is 9.69 Å². The molecule has 1 aliphatic rings. The molecular weight excluding hydrogens is 316 g/mol. The monoisotopic (exact) mass is 340 g/mol. The third-order valence-corrected chi connectivity index (χ3v) is 4.44. The molecule has 0 saturated carbocycles. The number of β-amino-alcohol motifs (C(OH)–C–C–N with tert-alkyl or cyclic N) is 1. The first-order valence-corrected chi connectivity index (χ1v) is 8.41. The van der Waals surface area contributed by atoms with Crippen molar-refractivity contribution in [3.63, 3.8) is 0 Å². The maximum atomic E-state index is 11.9. The van der Waals surface area contributed by atoms with Crippen LogP contribution >= 0.6 is 11.6 Å². The van der Waals surface area contributed by atoms with Crippen LogP contribution in [-0.4, -0.2) is 54.8 Å². The first kappa shape index (κ1) is 18.0. The summed E-state index contributed by atoms with van der Waals surface area (Å²) in [6.07, 6.45) is 2.25. The van der Waals surface area contributed by atoms with Gasteiger partial charge in [-0.05, 0) is 44.0 Å². The Kier molecular flexibility index (Phi) is 6.69. The molecule has 1 aliphatic heterocycles. The maximum Gasteiger partial charge on any atom is 0.237 e. The maximum absolute atomic E-state index is 11.9. The van der Waals surface area contributed by atoms with Crippen molar-refractivity contribution in [2.24, 2.45) is 0 Å². The average Bonchev–Trinajstić information content (AvgIpc) is 2.55. The zero-order valence-corrected chi connectivity index (χ0v) is 14.5. The van der Waals surface area contributed by atoms with Gasteiger partial charge in [0.2, 0.25) is 5.91 Å². The summed E-state index contributed by atoms with van der Waals surface area (Å²) < 4.78 is 5.63. The van der Waals surface area contributed by atoms with Crippen molar-refractivity contribution in [2.75, 3.05) is 26.7 Å². The molecule has 6 heteroatoms. The number of halogens is 1. The molecule has 2 atom stereocenters. The summed E-state index contributed by atoms with van der Waals surface area (Å²) in [5, 5.41) is 13.5. The molecule has 1 aromatic rings. The van der Waals surface area contributed by atoms with Crippen molar-refractivity contribution in [3.8, 4) is 5.75 Å². The van der Waals surface area contributed by atoms with Crippen LogP contribution in [0.2, 0.25) is 5.02 Å². The molecule has 2 rings (SSSR count). The quantitative estimate of drug-likeness (QED) is 0.831. The Labute approximate surface area is 142 Å². The summed E-state index contributed by atoms with van der Waals surface area (Å²) in [6.45, 7) is 3.35. The molecule has 0 radical (unpaired) electrons. The van der Waals surface area contributed by atoms with E-state index in [4.69, 9.17) is 16.3 Å². The molecule has 128 valence electrons. The number of ether oxygens (including phenoxy) is 1. The Hall–Kier alpha value is -1.30. The van der Waals surface area contributed by atoms with E-state index in [1.165, 1.54) is 0 Å². The standard InChI is InChI=1S/C17H25ClN2O3/c1-12-6-7-14(18)16(9-12)23-11-13(21)10-20-8-4-3-5-15(20)17(22)19-2/h6-7,9,13,15,21H,3-5,8,10-11H2,1-2H3,(H,19,22)/t13-,15+/m1/s1. The van der Waals surface area contributed by atoms with E-state index in [2.05, 4.69) is 5.32 Å². The number of aliphatic hydroxyl groups is 1. The lowest BCUT2D eigenvalue weighted by Crippen LogP contribution is -2.51. The molecule has 1 aromatic carbocycles. The van der Waals surface area contributed by atoms with Crippen LogP contribution in [0.25, 0.3) is 0 Å². The van der Waals surface area contributed by atoms with Gasteiger partial charge < -0.3 is 15.2 Å². The molecule has 0 bridgehead atoms. The zero-order chi connectivity index (χ0) is 16.8. The van der Waals surface area contributed by atoms with Gasteiger partial charge in [-0.15, -0.1) is 0 Å². The number of likely N-dealkylation sites (N-methyl/N-ethyl adjacent to an activating group) is 1. The van der Waals surface area contributed by atoms with Crippen LogP contribution in [0.3, 0.4) is 0 Å². The molecule has 5 nitrogen and oxygen atoms in total. The number of piperidine rings is 1. The second-order valence-electron chi connectivity index (χ2n) is 6.02. The summed E-state index contributed by atoms with van der Waals surface area (Å²) in [5.41, 5.74) is 1.05. The third kappa shape index (κ3) is 5.09. The smallest absolute Gasteiger partial charge is 0.237 e. The Morgan fingerprint density at radius 2 is 2.30 bits per heavy atom. The summed E-state index contributed by atoms with van der Waals surface area (Å²) in [7, 11) is 1.65. The lowest BCUT2D eigenvalue weighted by Gasteiger charge is -2.35. The number of benzene rings is 1. The molecule has 1 heterocycles. The Bertz CT molecular complexity index is 539. The van der Waals surface area contributed by atoms with Crippen LogP contribution in [-0.2, 0) is 4.79 Å². The topological polar surface area (TPSA) is 61.8 Å². The molecule has 1 amide bonds. The van der Waals surface area contributed by atoms with Crippen LogP contribution in [0, 0.1) is 6.92 Å². The predicted molar refractivity (Wildman–Crippen MR) is 91.0 cm³/mol. The van der Waals surface area contributed by atoms with Gasteiger partial charge in [0.25, 0.3) is 0 Å². The second kappa shape index (κ2) is 8.52. The number of amides is 1. The number of nitrogens with zero attached hydrogens (tertiary/aromatic N) is 1. The highest BCUT2D eigenvalue weighted by molar-refractivity contribution is 6.32. The number of aliphatic hydroxyl groups excluding tert-OH is 1. The first-order valence-electron chi connectivity index (χ1n) is 8.04. The molecular formula is C17H25ClN2O3. The van der Waals surface area contributed by atoms with Gasteiger partial charge in [-0.25, -0.2) is 0 Å². The SMILES string of the molecule is CNC(=O)[C@@H]1CCCCN1C[C@@H](O)COc1cc(C)ccc1Cl. The molecule has 1 saturated heterocycles. The largest absolute Gasteiger partial charge is 0.489 e. The first-order chi connectivity index (χ1) is 11.0. The van der Waals surface area contributed by atoms with E-state index in [9.17, 15) is 9.90 Å². The van der Waals surface area contributed by atoms with E-state index in [0.29, 0.717) is 17.3 Å². The number of carbonyl (C=O) groups excluding carboxylic acids is 1. The normalized spacial score (nSPS) is 20.1. The molecule has 0 aliphatic carbocycles. The highest BCUT2D eigenvalue weighted by Gasteiger charge is 2.29. The Balaban J connectivity index is 1.89. The van der Waals surface area contributed by atoms with Gasteiger partial charge in [-0.1, -0.05) is 24.1 Å². The molecule has 1 fully saturated rings. The number of likely N-dealkylation sites (tertiary alicyclic amines) is 1. The summed E-state index contributed by atoms with van der Waals surface area (Å²) in [4.78, 5) is 14.0. The van der Waals surface area contributed by atoms with E-state index in [1.807, 2.05) is 24.0 Å². The zero-order valence-electron chi connectivity index (χ0n) is 13.7. The minimum atomic E-state index is -0.670. The van der Waals surface area contributed by atoms with Gasteiger partial charge in [0.05, 0.1) is 11.1 Å². The molecule has 0 unspecified atom stereocenters. The third-order valence-electron chi connectivity index (χ3n) is 4.13. The van der Waals surface area contributed by atoms with E-state index in [0.717, 1.165) is 31.4 Å². The number of nitrogens with one attached hydrogen (secondary N) is 1. The number of hydrogen-bond acceptors (Lipinski definition) is 4. The minimum absolute atomic E-state index is 0.0135. The van der Waals surface area contributed by atoms with Crippen LogP contribution in [0.5, 0.6) is 5.75 Å². The summed E-state index contributed by atoms with van der Waals surface area (Å²) in [5.74, 6) is 0.590. The lowest BCUT2D eigenvalue weighted by molar-refractivity contribution is -0.127. The van der Waals surface area contributed by atoms with Crippen molar-refractivity contribution in [1.29, 1.82) is 0 Å². The number of carbonyl (C=O) groups is 1. The summed E-state index contributed by atoms with van der Waals surface area (Å²) >= 11 is 6.09. The fourth-order valence-corrected chi connectivity index (χ4v) is 3.08. The molecule has 0 spiro atoms. The van der Waals surface area contributed by atoms with Crippen LogP contribution in [0.4, 0.5) is 0 Å². The summed E-state index contributed by atoms with van der Waals surface area (Å²) in [6, 6.07) is 5.38. The van der Waals surface area contributed by atoms with E-state index < -0.39 is 6.10 Å². The van der Waals surface area contributed by atoms with Gasteiger partial charge in [0, 0.05) is 13.6 Å². The molecule has 2 N–H and O–H groups in total. The van der Waals surface area contributed by atoms with Gasteiger partial charge in [0.1, 0.15) is 18.5 Å². The predicted octanol–water partition coefficient (Wildman–Crippen LogP) is 1.99. The van der Waals surface area contributed by atoms with Gasteiger partial charge in [-0.2, -0.15) is 0 Å². The molecule has 23 heavy (non-hydrogen) atoms. The van der Waals surface area contributed by atoms with Crippen molar-refractivity contribution in [2.45, 2.75) is 38.3 Å². The fraction of sp³-hybridized carbons (Fsp3) is 0.588. The fourth-order valence-electron chi connectivity index (χ4n) is 2.90. The van der Waals surface area contributed by atoms with Crippen LogP contribution in [0.1, 0.15) is 24.8 Å². The molecule has 0 aromatic heterocycles.